The molecule has 7 heteroatoms. The van der Waals surface area contributed by atoms with Crippen LogP contribution in [0.3, 0.4) is 0 Å². The number of hydrogen-bond donors (Lipinski definition) is 2. The number of aromatic nitrogens is 1. The summed E-state index contributed by atoms with van der Waals surface area (Å²) >= 11 is 0. The summed E-state index contributed by atoms with van der Waals surface area (Å²) in [6.45, 7) is 3.84. The molecule has 29 heavy (non-hydrogen) atoms. The number of carbonyl (C=O) groups excluding carboxylic acids is 1. The van der Waals surface area contributed by atoms with E-state index in [2.05, 4.69) is 15.6 Å². The van der Waals surface area contributed by atoms with Gasteiger partial charge in [-0.2, -0.15) is 0 Å². The quantitative estimate of drug-likeness (QED) is 0.618. The highest BCUT2D eigenvalue weighted by atomic mass is 19.1. The Labute approximate surface area is 168 Å². The first-order valence-electron chi connectivity index (χ1n) is 9.51. The number of oxazole rings is 1. The van der Waals surface area contributed by atoms with Gasteiger partial charge in [0.25, 0.3) is 0 Å². The summed E-state index contributed by atoms with van der Waals surface area (Å²) in [4.78, 5) is 16.6. The van der Waals surface area contributed by atoms with Gasteiger partial charge in [0.05, 0.1) is 11.8 Å². The van der Waals surface area contributed by atoms with Crippen molar-refractivity contribution >= 4 is 11.7 Å². The molecule has 2 amide bonds. The molecule has 1 aliphatic carbocycles. The highest BCUT2D eigenvalue weighted by molar-refractivity contribution is 5.90. The highest BCUT2D eigenvalue weighted by Crippen LogP contribution is 2.30. The summed E-state index contributed by atoms with van der Waals surface area (Å²) in [6.07, 6.45) is 3.60. The Morgan fingerprint density at radius 2 is 2.10 bits per heavy atom. The zero-order valence-electron chi connectivity index (χ0n) is 16.3. The first-order valence-corrected chi connectivity index (χ1v) is 9.51. The van der Waals surface area contributed by atoms with Gasteiger partial charge in [0, 0.05) is 23.4 Å². The highest BCUT2D eigenvalue weighted by Gasteiger charge is 2.25. The normalized spacial score (nSPS) is 13.2. The van der Waals surface area contributed by atoms with E-state index in [1.54, 1.807) is 36.6 Å². The van der Waals surface area contributed by atoms with Crippen LogP contribution in [0.4, 0.5) is 14.9 Å². The van der Waals surface area contributed by atoms with E-state index in [1.807, 2.05) is 19.9 Å². The van der Waals surface area contributed by atoms with Gasteiger partial charge in [-0.05, 0) is 50.5 Å². The third-order valence-corrected chi connectivity index (χ3v) is 4.65. The maximum atomic E-state index is 14.5. The molecule has 0 radical (unpaired) electrons. The van der Waals surface area contributed by atoms with Crippen LogP contribution in [0.1, 0.15) is 29.7 Å². The predicted octanol–water partition coefficient (Wildman–Crippen LogP) is 4.96. The molecule has 1 aliphatic rings. The van der Waals surface area contributed by atoms with E-state index in [9.17, 15) is 9.18 Å². The van der Waals surface area contributed by atoms with Crippen LogP contribution in [0.25, 0.3) is 11.5 Å². The van der Waals surface area contributed by atoms with Crippen LogP contribution in [0.2, 0.25) is 0 Å². The van der Waals surface area contributed by atoms with Gasteiger partial charge in [0.2, 0.25) is 5.89 Å². The largest absolute Gasteiger partial charge is 0.487 e. The number of halogens is 1. The molecule has 1 fully saturated rings. The zero-order chi connectivity index (χ0) is 20.4. The van der Waals surface area contributed by atoms with Gasteiger partial charge in [-0.15, -0.1) is 0 Å². The standard InChI is InChI=1S/C22H22FN3O3/c1-13-6-7-16(10-18(13)21-25-14(2)12-28-21)26-22(27)24-11-15-4-3-5-19(20(15)23)29-17-8-9-17/h3-7,10,12,17H,8-9,11H2,1-2H3,(H2,24,26,27). The lowest BCUT2D eigenvalue weighted by Gasteiger charge is -2.12. The fourth-order valence-corrected chi connectivity index (χ4v) is 2.91. The third-order valence-electron chi connectivity index (χ3n) is 4.65. The number of carbonyl (C=O) groups is 1. The molecule has 2 aromatic carbocycles. The molecule has 0 spiro atoms. The Morgan fingerprint density at radius 1 is 1.28 bits per heavy atom. The molecule has 150 valence electrons. The second-order valence-corrected chi connectivity index (χ2v) is 7.18. The number of nitrogens with one attached hydrogen (secondary N) is 2. The Balaban J connectivity index is 1.40. The Kier molecular flexibility index (Phi) is 5.20. The predicted molar refractivity (Wildman–Crippen MR) is 107 cm³/mol. The number of hydrogen-bond acceptors (Lipinski definition) is 4. The molecule has 0 aliphatic heterocycles. The number of nitrogens with zero attached hydrogens (tertiary/aromatic N) is 1. The number of amides is 2. The molecule has 1 heterocycles. The molecule has 0 bridgehead atoms. The van der Waals surface area contributed by atoms with E-state index in [1.165, 1.54) is 0 Å². The van der Waals surface area contributed by atoms with Crippen molar-refractivity contribution in [2.24, 2.45) is 0 Å². The molecule has 1 aromatic heterocycles. The van der Waals surface area contributed by atoms with Gasteiger partial charge >= 0.3 is 6.03 Å². The number of ether oxygens (including phenoxy) is 1. The smallest absolute Gasteiger partial charge is 0.319 e. The van der Waals surface area contributed by atoms with Gasteiger partial charge < -0.3 is 19.8 Å². The minimum atomic E-state index is -0.434. The van der Waals surface area contributed by atoms with E-state index in [0.717, 1.165) is 29.7 Å². The summed E-state index contributed by atoms with van der Waals surface area (Å²) in [5.41, 5.74) is 3.52. The molecular formula is C22H22FN3O3. The molecule has 6 nitrogen and oxygen atoms in total. The van der Waals surface area contributed by atoms with E-state index >= 15 is 0 Å². The van der Waals surface area contributed by atoms with E-state index in [-0.39, 0.29) is 18.4 Å². The van der Waals surface area contributed by atoms with Gasteiger partial charge in [-0.3, -0.25) is 0 Å². The Morgan fingerprint density at radius 3 is 2.83 bits per heavy atom. The summed E-state index contributed by atoms with van der Waals surface area (Å²) in [5, 5.41) is 5.44. The summed E-state index contributed by atoms with van der Waals surface area (Å²) in [5.74, 6) is 0.298. The number of anilines is 1. The van der Waals surface area contributed by atoms with Crippen LogP contribution in [0.5, 0.6) is 5.75 Å². The minimum Gasteiger partial charge on any atom is -0.487 e. The van der Waals surface area contributed by atoms with Gasteiger partial charge in [0.15, 0.2) is 11.6 Å². The van der Waals surface area contributed by atoms with Crippen molar-refractivity contribution in [2.45, 2.75) is 39.3 Å². The van der Waals surface area contributed by atoms with Gasteiger partial charge in [0.1, 0.15) is 6.26 Å². The first-order chi connectivity index (χ1) is 14.0. The van der Waals surface area contributed by atoms with E-state index in [4.69, 9.17) is 9.15 Å². The number of aryl methyl sites for hydroxylation is 2. The average molecular weight is 395 g/mol. The number of rotatable bonds is 6. The van der Waals surface area contributed by atoms with E-state index < -0.39 is 11.8 Å². The second kappa shape index (κ2) is 7.95. The lowest BCUT2D eigenvalue weighted by molar-refractivity contribution is 0.251. The topological polar surface area (TPSA) is 76.4 Å². The van der Waals surface area contributed by atoms with Crippen LogP contribution in [0, 0.1) is 19.7 Å². The molecule has 3 aromatic rings. The van der Waals surface area contributed by atoms with Crippen molar-refractivity contribution in [3.8, 4) is 17.2 Å². The van der Waals surface area contributed by atoms with Crippen molar-refractivity contribution in [3.63, 3.8) is 0 Å². The van der Waals surface area contributed by atoms with Crippen LogP contribution >= 0.6 is 0 Å². The SMILES string of the molecule is Cc1coc(-c2cc(NC(=O)NCc3cccc(OC4CC4)c3F)ccc2C)n1. The molecule has 2 N–H and O–H groups in total. The fraction of sp³-hybridized carbons (Fsp3) is 0.273. The van der Waals surface area contributed by atoms with Crippen molar-refractivity contribution in [1.29, 1.82) is 0 Å². The second-order valence-electron chi connectivity index (χ2n) is 7.18. The van der Waals surface area contributed by atoms with Crippen molar-refractivity contribution in [3.05, 3.63) is 65.3 Å². The van der Waals surface area contributed by atoms with Crippen LogP contribution in [-0.4, -0.2) is 17.1 Å². The summed E-state index contributed by atoms with van der Waals surface area (Å²) in [6, 6.07) is 9.99. The molecular weight excluding hydrogens is 373 g/mol. The lowest BCUT2D eigenvalue weighted by atomic mass is 10.1. The Hall–Kier alpha value is -3.35. The van der Waals surface area contributed by atoms with E-state index in [0.29, 0.717) is 17.1 Å². The van der Waals surface area contributed by atoms with Crippen molar-refractivity contribution in [1.82, 2.24) is 10.3 Å². The molecule has 4 rings (SSSR count). The number of benzene rings is 2. The molecule has 0 saturated heterocycles. The first kappa shape index (κ1) is 19.0. The number of urea groups is 1. The van der Waals surface area contributed by atoms with Crippen LogP contribution in [0.15, 0.2) is 47.1 Å². The van der Waals surface area contributed by atoms with Crippen LogP contribution < -0.4 is 15.4 Å². The van der Waals surface area contributed by atoms with Gasteiger partial charge in [-0.1, -0.05) is 18.2 Å². The monoisotopic (exact) mass is 395 g/mol. The lowest BCUT2D eigenvalue weighted by Crippen LogP contribution is -2.28. The maximum Gasteiger partial charge on any atom is 0.319 e. The van der Waals surface area contributed by atoms with Gasteiger partial charge in [-0.25, -0.2) is 14.2 Å². The average Bonchev–Trinajstić information content (AvgIpc) is 3.41. The molecule has 0 atom stereocenters. The fourth-order valence-electron chi connectivity index (χ4n) is 2.91. The minimum absolute atomic E-state index is 0.0528. The molecule has 1 saturated carbocycles. The summed E-state index contributed by atoms with van der Waals surface area (Å²) < 4.78 is 25.5. The zero-order valence-corrected chi connectivity index (χ0v) is 16.3. The maximum absolute atomic E-state index is 14.5. The Bertz CT molecular complexity index is 1040. The summed E-state index contributed by atoms with van der Waals surface area (Å²) in [7, 11) is 0. The third kappa shape index (κ3) is 4.56. The van der Waals surface area contributed by atoms with Crippen LogP contribution in [-0.2, 0) is 6.54 Å². The molecule has 0 unspecified atom stereocenters. The van der Waals surface area contributed by atoms with Crippen molar-refractivity contribution in [2.75, 3.05) is 5.32 Å². The van der Waals surface area contributed by atoms with Crippen molar-refractivity contribution < 1.29 is 18.3 Å².